The highest BCUT2D eigenvalue weighted by atomic mass is 15.5. The monoisotopic (exact) mass is 554 g/mol. The van der Waals surface area contributed by atoms with Crippen molar-refractivity contribution in [1.82, 2.24) is 14.9 Å². The van der Waals surface area contributed by atoms with Gasteiger partial charge in [0, 0.05) is 33.7 Å². The SMILES string of the molecule is c1ccc(C2N=NC(n3c4c(c5ccccc53)-c3ccccc3N(c3nccc5ccccc35)c3ccccc3-4)N2)cc1. The van der Waals surface area contributed by atoms with E-state index in [-0.39, 0.29) is 12.5 Å². The Morgan fingerprint density at radius 2 is 1.26 bits per heavy atom. The first kappa shape index (κ1) is 24.1. The van der Waals surface area contributed by atoms with Crippen LogP contribution in [0.2, 0.25) is 0 Å². The smallest absolute Gasteiger partial charge is 0.202 e. The summed E-state index contributed by atoms with van der Waals surface area (Å²) in [6.45, 7) is 0. The van der Waals surface area contributed by atoms with E-state index in [2.05, 4.69) is 130 Å². The Balaban J connectivity index is 1.35. The molecule has 0 saturated heterocycles. The Kier molecular flexibility index (Phi) is 5.30. The Morgan fingerprint density at radius 1 is 0.581 bits per heavy atom. The number of pyridine rings is 1. The molecule has 0 bridgehead atoms. The van der Waals surface area contributed by atoms with E-state index in [4.69, 9.17) is 15.2 Å². The van der Waals surface area contributed by atoms with Gasteiger partial charge in [-0.3, -0.25) is 4.90 Å². The maximum absolute atomic E-state index is 5.00. The maximum atomic E-state index is 5.00. The number of nitrogens with zero attached hydrogens (tertiary/aromatic N) is 5. The van der Waals surface area contributed by atoms with Crippen LogP contribution in [0.5, 0.6) is 0 Å². The number of anilines is 3. The lowest BCUT2D eigenvalue weighted by Crippen LogP contribution is -2.24. The Morgan fingerprint density at radius 3 is 2.12 bits per heavy atom. The van der Waals surface area contributed by atoms with Crippen LogP contribution in [-0.4, -0.2) is 9.55 Å². The maximum Gasteiger partial charge on any atom is 0.202 e. The molecule has 2 aromatic heterocycles. The number of aromatic nitrogens is 2. The molecule has 2 atom stereocenters. The van der Waals surface area contributed by atoms with E-state index in [0.717, 1.165) is 55.9 Å². The average Bonchev–Trinajstić information content (AvgIpc) is 3.66. The highest BCUT2D eigenvalue weighted by Crippen LogP contribution is 2.54. The van der Waals surface area contributed by atoms with Crippen LogP contribution in [0.3, 0.4) is 0 Å². The van der Waals surface area contributed by atoms with Crippen LogP contribution in [0, 0.1) is 0 Å². The van der Waals surface area contributed by atoms with E-state index < -0.39 is 0 Å². The molecule has 1 N–H and O–H groups in total. The molecular formula is C37H26N6. The zero-order valence-corrected chi connectivity index (χ0v) is 23.2. The molecule has 2 aliphatic heterocycles. The zero-order valence-electron chi connectivity index (χ0n) is 23.2. The average molecular weight is 555 g/mol. The van der Waals surface area contributed by atoms with Crippen LogP contribution >= 0.6 is 0 Å². The molecule has 2 unspecified atom stereocenters. The third-order valence-corrected chi connectivity index (χ3v) is 8.55. The number of hydrogen-bond acceptors (Lipinski definition) is 5. The summed E-state index contributed by atoms with van der Waals surface area (Å²) in [6.07, 6.45) is 1.32. The van der Waals surface area contributed by atoms with Crippen LogP contribution in [0.15, 0.2) is 150 Å². The largest absolute Gasteiger partial charge is 0.303 e. The number of benzene rings is 5. The van der Waals surface area contributed by atoms with Gasteiger partial charge in [0.25, 0.3) is 0 Å². The molecule has 0 aliphatic carbocycles. The first-order valence-corrected chi connectivity index (χ1v) is 14.5. The van der Waals surface area contributed by atoms with E-state index >= 15 is 0 Å². The van der Waals surface area contributed by atoms with E-state index in [1.807, 2.05) is 24.4 Å². The number of hydrogen-bond donors (Lipinski definition) is 1. The normalized spacial score (nSPS) is 17.1. The van der Waals surface area contributed by atoms with Gasteiger partial charge in [0.15, 0.2) is 0 Å². The molecule has 204 valence electrons. The highest BCUT2D eigenvalue weighted by molar-refractivity contribution is 6.13. The second-order valence-electron chi connectivity index (χ2n) is 10.9. The van der Waals surface area contributed by atoms with Crippen LogP contribution in [-0.2, 0) is 0 Å². The molecule has 6 nitrogen and oxygen atoms in total. The molecule has 0 spiro atoms. The lowest BCUT2D eigenvalue weighted by atomic mass is 9.98. The van der Waals surface area contributed by atoms with E-state index in [9.17, 15) is 0 Å². The molecule has 43 heavy (non-hydrogen) atoms. The van der Waals surface area contributed by atoms with Crippen molar-refractivity contribution >= 4 is 38.9 Å². The molecule has 4 heterocycles. The van der Waals surface area contributed by atoms with Gasteiger partial charge >= 0.3 is 0 Å². The quantitative estimate of drug-likeness (QED) is 0.237. The number of nitrogens with one attached hydrogen (secondary N) is 1. The van der Waals surface area contributed by atoms with Crippen molar-refractivity contribution < 1.29 is 0 Å². The number of fused-ring (bicyclic) bond motifs is 8. The summed E-state index contributed by atoms with van der Waals surface area (Å²) < 4.78 is 2.33. The van der Waals surface area contributed by atoms with Gasteiger partial charge in [-0.1, -0.05) is 109 Å². The fourth-order valence-electron chi connectivity index (χ4n) is 6.71. The van der Waals surface area contributed by atoms with Gasteiger partial charge in [-0.05, 0) is 35.2 Å². The minimum atomic E-state index is -0.374. The second kappa shape index (κ2) is 9.48. The lowest BCUT2D eigenvalue weighted by molar-refractivity contribution is 0.446. The van der Waals surface area contributed by atoms with Crippen molar-refractivity contribution in [1.29, 1.82) is 0 Å². The van der Waals surface area contributed by atoms with Crippen molar-refractivity contribution in [2.45, 2.75) is 12.5 Å². The first-order chi connectivity index (χ1) is 21.4. The molecule has 0 fully saturated rings. The molecular weight excluding hydrogens is 528 g/mol. The molecule has 0 radical (unpaired) electrons. The van der Waals surface area contributed by atoms with Crippen LogP contribution in [0.1, 0.15) is 18.0 Å². The van der Waals surface area contributed by atoms with E-state index in [1.54, 1.807) is 0 Å². The summed E-state index contributed by atoms with van der Waals surface area (Å²) in [5.41, 5.74) is 8.90. The molecule has 5 aromatic carbocycles. The fourth-order valence-corrected chi connectivity index (χ4v) is 6.71. The van der Waals surface area contributed by atoms with Gasteiger partial charge in [-0.15, -0.1) is 5.11 Å². The summed E-state index contributed by atoms with van der Waals surface area (Å²) in [7, 11) is 0. The van der Waals surface area contributed by atoms with E-state index in [1.165, 1.54) is 10.9 Å². The van der Waals surface area contributed by atoms with Crippen molar-refractivity contribution in [2.75, 3.05) is 4.90 Å². The van der Waals surface area contributed by atoms with Crippen molar-refractivity contribution in [3.05, 3.63) is 145 Å². The first-order valence-electron chi connectivity index (χ1n) is 14.5. The minimum absolute atomic E-state index is 0.215. The van der Waals surface area contributed by atoms with Gasteiger partial charge in [0.1, 0.15) is 12.0 Å². The van der Waals surface area contributed by atoms with Gasteiger partial charge in [0.05, 0.1) is 22.6 Å². The van der Waals surface area contributed by atoms with E-state index in [0.29, 0.717) is 0 Å². The molecule has 9 rings (SSSR count). The van der Waals surface area contributed by atoms with Crippen molar-refractivity contribution in [3.8, 4) is 22.4 Å². The Bertz CT molecular complexity index is 2190. The summed E-state index contributed by atoms with van der Waals surface area (Å²) in [5.74, 6) is 0.904. The number of rotatable bonds is 3. The Labute approximate surface area is 248 Å². The molecule has 6 heteroatoms. The molecule has 0 saturated carbocycles. The van der Waals surface area contributed by atoms with Crippen molar-refractivity contribution in [3.63, 3.8) is 0 Å². The van der Waals surface area contributed by atoms with Crippen molar-refractivity contribution in [2.24, 2.45) is 10.2 Å². The predicted octanol–water partition coefficient (Wildman–Crippen LogP) is 9.52. The lowest BCUT2D eigenvalue weighted by Gasteiger charge is -2.27. The third-order valence-electron chi connectivity index (χ3n) is 8.55. The zero-order chi connectivity index (χ0) is 28.3. The standard InChI is InChI=1S/C37H26N6/c1-2-13-25(14-3-1)35-39-37(41-40-35)43-31-20-10-7-17-28(31)33-27-16-6-9-19-30(27)42(32-21-11-8-18-29(32)34(33)43)36-26-15-5-4-12-24(26)22-23-38-36/h1-23,35,37,39H. The topological polar surface area (TPSA) is 57.8 Å². The van der Waals surface area contributed by atoms with Gasteiger partial charge in [0.2, 0.25) is 6.29 Å². The summed E-state index contributed by atoms with van der Waals surface area (Å²) in [4.78, 5) is 7.32. The fraction of sp³-hybridized carbons (Fsp3) is 0.0541. The number of azo groups is 1. The summed E-state index contributed by atoms with van der Waals surface area (Å²) in [6, 6.07) is 46.8. The third kappa shape index (κ3) is 3.60. The van der Waals surface area contributed by atoms with Gasteiger partial charge in [-0.25, -0.2) is 10.3 Å². The molecule has 0 amide bonds. The van der Waals surface area contributed by atoms with Gasteiger partial charge < -0.3 is 4.57 Å². The Hall–Kier alpha value is -5.59. The summed E-state index contributed by atoms with van der Waals surface area (Å²) >= 11 is 0. The van der Waals surface area contributed by atoms with Crippen LogP contribution in [0.4, 0.5) is 17.2 Å². The summed E-state index contributed by atoms with van der Waals surface area (Å²) in [5, 5.41) is 16.6. The second-order valence-corrected chi connectivity index (χ2v) is 10.9. The highest BCUT2D eigenvalue weighted by Gasteiger charge is 2.35. The van der Waals surface area contributed by atoms with Crippen LogP contribution < -0.4 is 10.2 Å². The van der Waals surface area contributed by atoms with Crippen LogP contribution in [0.25, 0.3) is 44.1 Å². The van der Waals surface area contributed by atoms with Gasteiger partial charge in [-0.2, -0.15) is 5.11 Å². The number of para-hydroxylation sites is 3. The molecule has 7 aromatic rings. The molecule has 2 aliphatic rings. The minimum Gasteiger partial charge on any atom is -0.303 e. The predicted molar refractivity (Wildman–Crippen MR) is 173 cm³/mol.